The summed E-state index contributed by atoms with van der Waals surface area (Å²) in [7, 11) is 0. The van der Waals surface area contributed by atoms with E-state index in [1.165, 1.54) is 0 Å². The van der Waals surface area contributed by atoms with Gasteiger partial charge in [0.25, 0.3) is 0 Å². The normalized spacial score (nSPS) is 10.2. The van der Waals surface area contributed by atoms with Crippen molar-refractivity contribution in [1.29, 1.82) is 0 Å². The molecular weight excluding hydrogens is 313 g/mol. The molecule has 1 N–H and O–H groups in total. The SMILES string of the molecule is O=C(Nc1ccccc1)c1[se]ccc1-c1ccccc1. The predicted octanol–water partition coefficient (Wildman–Crippen LogP) is 3.66. The second-order valence-electron chi connectivity index (χ2n) is 4.35. The summed E-state index contributed by atoms with van der Waals surface area (Å²) in [5.74, 6) is 0.0000491. The van der Waals surface area contributed by atoms with Crippen LogP contribution >= 0.6 is 0 Å². The van der Waals surface area contributed by atoms with Crippen molar-refractivity contribution in [1.82, 2.24) is 0 Å². The van der Waals surface area contributed by atoms with Gasteiger partial charge in [-0.05, 0) is 0 Å². The number of anilines is 1. The Labute approximate surface area is 123 Å². The van der Waals surface area contributed by atoms with Crippen LogP contribution in [-0.2, 0) is 0 Å². The molecule has 0 aliphatic carbocycles. The van der Waals surface area contributed by atoms with Crippen molar-refractivity contribution < 1.29 is 4.79 Å². The van der Waals surface area contributed by atoms with E-state index in [2.05, 4.69) is 16.3 Å². The summed E-state index contributed by atoms with van der Waals surface area (Å²) < 4.78 is 0.882. The molecule has 0 unspecified atom stereocenters. The van der Waals surface area contributed by atoms with Crippen LogP contribution in [0.25, 0.3) is 11.1 Å². The van der Waals surface area contributed by atoms with Crippen molar-refractivity contribution in [2.24, 2.45) is 0 Å². The first kappa shape index (κ1) is 12.9. The van der Waals surface area contributed by atoms with E-state index >= 15 is 0 Å². The zero-order valence-corrected chi connectivity index (χ0v) is 12.5. The first-order chi connectivity index (χ1) is 9.84. The fourth-order valence-electron chi connectivity index (χ4n) is 2.04. The molecule has 1 aromatic heterocycles. The molecule has 0 radical (unpaired) electrons. The van der Waals surface area contributed by atoms with Gasteiger partial charge in [-0.25, -0.2) is 0 Å². The van der Waals surface area contributed by atoms with Gasteiger partial charge >= 0.3 is 123 Å². The van der Waals surface area contributed by atoms with Crippen LogP contribution in [0, 0.1) is 0 Å². The molecule has 1 heterocycles. The second kappa shape index (κ2) is 5.91. The average molecular weight is 326 g/mol. The Hall–Kier alpha value is -2.09. The van der Waals surface area contributed by atoms with Gasteiger partial charge < -0.3 is 0 Å². The van der Waals surface area contributed by atoms with Crippen LogP contribution in [-0.4, -0.2) is 20.4 Å². The van der Waals surface area contributed by atoms with Crippen LogP contribution in [0.1, 0.15) is 9.23 Å². The summed E-state index contributed by atoms with van der Waals surface area (Å²) in [4.78, 5) is 14.5. The van der Waals surface area contributed by atoms with E-state index in [9.17, 15) is 4.79 Å². The summed E-state index contributed by atoms with van der Waals surface area (Å²) in [6.07, 6.45) is 0. The molecule has 1 amide bonds. The zero-order valence-electron chi connectivity index (χ0n) is 10.7. The minimum absolute atomic E-state index is 0.0000491. The number of nitrogens with one attached hydrogen (secondary N) is 1. The summed E-state index contributed by atoms with van der Waals surface area (Å²) in [6, 6.07) is 21.7. The Kier molecular flexibility index (Phi) is 3.82. The average Bonchev–Trinajstić information content (AvgIpc) is 2.99. The first-order valence-corrected chi connectivity index (χ1v) is 8.18. The molecular formula is C17H13NOSe. The number of para-hydroxylation sites is 1. The molecule has 0 aliphatic heterocycles. The van der Waals surface area contributed by atoms with Crippen LogP contribution in [0.2, 0.25) is 0 Å². The van der Waals surface area contributed by atoms with Crippen molar-refractivity contribution in [2.45, 2.75) is 0 Å². The molecule has 20 heavy (non-hydrogen) atoms. The van der Waals surface area contributed by atoms with Gasteiger partial charge in [-0.15, -0.1) is 0 Å². The van der Waals surface area contributed by atoms with Gasteiger partial charge in [0.2, 0.25) is 0 Å². The van der Waals surface area contributed by atoms with E-state index in [1.54, 1.807) is 0 Å². The van der Waals surface area contributed by atoms with Gasteiger partial charge in [0.1, 0.15) is 0 Å². The molecule has 98 valence electrons. The number of hydrogen-bond donors (Lipinski definition) is 1. The van der Waals surface area contributed by atoms with Gasteiger partial charge in [0, 0.05) is 0 Å². The van der Waals surface area contributed by atoms with Crippen molar-refractivity contribution in [3.63, 3.8) is 0 Å². The number of amides is 1. The zero-order chi connectivity index (χ0) is 13.8. The number of benzene rings is 2. The molecule has 0 saturated carbocycles. The van der Waals surface area contributed by atoms with Crippen LogP contribution in [0.3, 0.4) is 0 Å². The van der Waals surface area contributed by atoms with E-state index in [0.717, 1.165) is 21.3 Å². The van der Waals surface area contributed by atoms with Crippen molar-refractivity contribution >= 4 is 26.1 Å². The molecule has 0 atom stereocenters. The molecule has 0 bridgehead atoms. The van der Waals surface area contributed by atoms with Crippen molar-refractivity contribution in [3.05, 3.63) is 76.1 Å². The molecule has 0 aliphatic rings. The van der Waals surface area contributed by atoms with E-state index in [4.69, 9.17) is 0 Å². The second-order valence-corrected chi connectivity index (χ2v) is 6.27. The van der Waals surface area contributed by atoms with Crippen molar-refractivity contribution in [3.8, 4) is 11.1 Å². The van der Waals surface area contributed by atoms with Gasteiger partial charge in [0.15, 0.2) is 0 Å². The molecule has 2 aromatic carbocycles. The van der Waals surface area contributed by atoms with Crippen LogP contribution in [0.15, 0.2) is 71.7 Å². The summed E-state index contributed by atoms with van der Waals surface area (Å²) in [5, 5.41) is 2.96. The number of hydrogen-bond acceptors (Lipinski definition) is 1. The molecule has 3 rings (SSSR count). The van der Waals surface area contributed by atoms with Gasteiger partial charge in [0.05, 0.1) is 0 Å². The molecule has 0 spiro atoms. The fourth-order valence-corrected chi connectivity index (χ4v) is 3.74. The van der Waals surface area contributed by atoms with Crippen LogP contribution < -0.4 is 5.32 Å². The summed E-state index contributed by atoms with van der Waals surface area (Å²) >= 11 is 0.101. The Morgan fingerprint density at radius 3 is 2.20 bits per heavy atom. The van der Waals surface area contributed by atoms with Gasteiger partial charge in [-0.1, -0.05) is 0 Å². The fraction of sp³-hybridized carbons (Fsp3) is 0. The van der Waals surface area contributed by atoms with Gasteiger partial charge in [-0.2, -0.15) is 0 Å². The van der Waals surface area contributed by atoms with E-state index in [-0.39, 0.29) is 20.4 Å². The van der Waals surface area contributed by atoms with Gasteiger partial charge in [-0.3, -0.25) is 0 Å². The topological polar surface area (TPSA) is 29.1 Å². The van der Waals surface area contributed by atoms with E-state index in [0.29, 0.717) is 0 Å². The molecule has 3 heteroatoms. The quantitative estimate of drug-likeness (QED) is 0.731. The Balaban J connectivity index is 1.88. The van der Waals surface area contributed by atoms with Crippen molar-refractivity contribution in [2.75, 3.05) is 5.32 Å². The Bertz CT molecular complexity index is 704. The third kappa shape index (κ3) is 2.74. The minimum atomic E-state index is 0.0000491. The number of rotatable bonds is 3. The molecule has 2 nitrogen and oxygen atoms in total. The third-order valence-corrected chi connectivity index (χ3v) is 4.90. The Morgan fingerprint density at radius 1 is 0.850 bits per heavy atom. The Morgan fingerprint density at radius 2 is 1.50 bits per heavy atom. The van der Waals surface area contributed by atoms with E-state index in [1.807, 2.05) is 60.7 Å². The van der Waals surface area contributed by atoms with E-state index < -0.39 is 0 Å². The molecule has 0 fully saturated rings. The maximum atomic E-state index is 12.4. The third-order valence-electron chi connectivity index (χ3n) is 2.99. The van der Waals surface area contributed by atoms with Crippen LogP contribution in [0.5, 0.6) is 0 Å². The first-order valence-electron chi connectivity index (χ1n) is 6.34. The summed E-state index contributed by atoms with van der Waals surface area (Å²) in [5.41, 5.74) is 2.97. The molecule has 0 saturated heterocycles. The monoisotopic (exact) mass is 327 g/mol. The standard InChI is InChI=1S/C17H13NOSe/c19-17(18-14-9-5-2-6-10-14)16-15(11-12-20-16)13-7-3-1-4-8-13/h1-12H,(H,18,19). The predicted molar refractivity (Wildman–Crippen MR) is 83.2 cm³/mol. The van der Waals surface area contributed by atoms with Crippen LogP contribution in [0.4, 0.5) is 5.69 Å². The number of carbonyl (C=O) groups excluding carboxylic acids is 1. The summed E-state index contributed by atoms with van der Waals surface area (Å²) in [6.45, 7) is 0. The maximum absolute atomic E-state index is 12.4. The number of carbonyl (C=O) groups is 1. The molecule has 3 aromatic rings.